The van der Waals surface area contributed by atoms with Gasteiger partial charge >= 0.3 is 0 Å². The summed E-state index contributed by atoms with van der Waals surface area (Å²) in [4.78, 5) is 10.9. The molecule has 0 atom stereocenters. The molecule has 1 aromatic rings. The molecular weight excluding hydrogens is 181 g/mol. The summed E-state index contributed by atoms with van der Waals surface area (Å²) >= 11 is 0. The predicted octanol–water partition coefficient (Wildman–Crippen LogP) is 1.95. The third-order valence-corrected chi connectivity index (χ3v) is 2.59. The number of ketones is 1. The number of nitrogens with zero attached hydrogens (tertiary/aromatic N) is 1. The van der Waals surface area contributed by atoms with Gasteiger partial charge < -0.3 is 0 Å². The van der Waals surface area contributed by atoms with Crippen molar-refractivity contribution in [2.45, 2.75) is 18.3 Å². The van der Waals surface area contributed by atoms with E-state index in [-0.39, 0.29) is 24.4 Å². The first-order chi connectivity index (χ1) is 6.66. The minimum Gasteiger partial charge on any atom is -0.300 e. The average Bonchev–Trinajstić information content (AvgIpc) is 2.12. The SMILES string of the molecule is N#CC1(c2cccc(F)c2)CC(=O)C1. The lowest BCUT2D eigenvalue weighted by molar-refractivity contribution is -0.126. The maximum atomic E-state index is 12.9. The first kappa shape index (κ1) is 8.89. The van der Waals surface area contributed by atoms with E-state index in [9.17, 15) is 9.18 Å². The van der Waals surface area contributed by atoms with E-state index in [4.69, 9.17) is 5.26 Å². The van der Waals surface area contributed by atoms with Crippen LogP contribution in [-0.2, 0) is 10.2 Å². The second kappa shape index (κ2) is 2.91. The minimum atomic E-state index is -0.765. The van der Waals surface area contributed by atoms with Crippen LogP contribution in [0.25, 0.3) is 0 Å². The molecule has 3 heteroatoms. The van der Waals surface area contributed by atoms with E-state index in [1.165, 1.54) is 12.1 Å². The number of rotatable bonds is 1. The Morgan fingerprint density at radius 3 is 2.64 bits per heavy atom. The van der Waals surface area contributed by atoms with E-state index < -0.39 is 5.41 Å². The molecule has 0 heterocycles. The second-order valence-electron chi connectivity index (χ2n) is 3.60. The van der Waals surface area contributed by atoms with Crippen LogP contribution < -0.4 is 0 Å². The lowest BCUT2D eigenvalue weighted by Gasteiger charge is -2.33. The van der Waals surface area contributed by atoms with Gasteiger partial charge in [0.25, 0.3) is 0 Å². The van der Waals surface area contributed by atoms with Crippen LogP contribution in [-0.4, -0.2) is 5.78 Å². The molecule has 0 spiro atoms. The average molecular weight is 189 g/mol. The highest BCUT2D eigenvalue weighted by molar-refractivity contribution is 5.90. The van der Waals surface area contributed by atoms with Crippen molar-refractivity contribution in [1.82, 2.24) is 0 Å². The summed E-state index contributed by atoms with van der Waals surface area (Å²) in [6.45, 7) is 0. The molecule has 1 fully saturated rings. The number of carbonyl (C=O) groups excluding carboxylic acids is 1. The Hall–Kier alpha value is -1.69. The Morgan fingerprint density at radius 2 is 2.14 bits per heavy atom. The number of hydrogen-bond donors (Lipinski definition) is 0. The molecule has 0 unspecified atom stereocenters. The van der Waals surface area contributed by atoms with E-state index in [0.29, 0.717) is 5.56 Å². The quantitative estimate of drug-likeness (QED) is 0.677. The largest absolute Gasteiger partial charge is 0.300 e. The van der Waals surface area contributed by atoms with E-state index in [0.717, 1.165) is 0 Å². The Kier molecular flexibility index (Phi) is 1.85. The van der Waals surface area contributed by atoms with Crippen molar-refractivity contribution >= 4 is 5.78 Å². The van der Waals surface area contributed by atoms with Crippen LogP contribution in [0.2, 0.25) is 0 Å². The van der Waals surface area contributed by atoms with Crippen molar-refractivity contribution < 1.29 is 9.18 Å². The Morgan fingerprint density at radius 1 is 1.43 bits per heavy atom. The number of halogens is 1. The van der Waals surface area contributed by atoms with E-state index in [2.05, 4.69) is 6.07 Å². The summed E-state index contributed by atoms with van der Waals surface area (Å²) in [7, 11) is 0. The van der Waals surface area contributed by atoms with Crippen LogP contribution >= 0.6 is 0 Å². The molecule has 0 aliphatic heterocycles. The molecule has 14 heavy (non-hydrogen) atoms. The molecule has 0 aromatic heterocycles. The minimum absolute atomic E-state index is 0.0656. The summed E-state index contributed by atoms with van der Waals surface area (Å²) in [6.07, 6.45) is 0.430. The molecule has 1 aliphatic rings. The van der Waals surface area contributed by atoms with Crippen molar-refractivity contribution in [1.29, 1.82) is 5.26 Å². The maximum Gasteiger partial charge on any atom is 0.136 e. The Bertz CT molecular complexity index is 425. The van der Waals surface area contributed by atoms with Gasteiger partial charge in [-0.25, -0.2) is 4.39 Å². The molecule has 0 N–H and O–H groups in total. The molecule has 0 bridgehead atoms. The molecule has 1 aliphatic carbocycles. The van der Waals surface area contributed by atoms with Crippen molar-refractivity contribution in [3.8, 4) is 6.07 Å². The fraction of sp³-hybridized carbons (Fsp3) is 0.273. The van der Waals surface area contributed by atoms with Gasteiger partial charge in [-0.05, 0) is 17.7 Å². The van der Waals surface area contributed by atoms with E-state index in [1.807, 2.05) is 0 Å². The lowest BCUT2D eigenvalue weighted by atomic mass is 9.65. The normalized spacial score (nSPS) is 18.4. The summed E-state index contributed by atoms with van der Waals surface area (Å²) in [5.74, 6) is -0.299. The summed E-state index contributed by atoms with van der Waals surface area (Å²) in [5.41, 5.74) is -0.154. The molecule has 70 valence electrons. The highest BCUT2D eigenvalue weighted by Crippen LogP contribution is 2.40. The fourth-order valence-corrected chi connectivity index (χ4v) is 1.76. The van der Waals surface area contributed by atoms with Gasteiger partial charge in [0.1, 0.15) is 11.6 Å². The van der Waals surface area contributed by atoms with Gasteiger partial charge in [0.15, 0.2) is 0 Å². The van der Waals surface area contributed by atoms with Gasteiger partial charge in [0.2, 0.25) is 0 Å². The Labute approximate surface area is 81.0 Å². The molecule has 0 radical (unpaired) electrons. The highest BCUT2D eigenvalue weighted by Gasteiger charge is 2.45. The predicted molar refractivity (Wildman–Crippen MR) is 47.9 cm³/mol. The third-order valence-electron chi connectivity index (χ3n) is 2.59. The zero-order valence-electron chi connectivity index (χ0n) is 7.46. The topological polar surface area (TPSA) is 40.9 Å². The molecule has 2 nitrogen and oxygen atoms in total. The van der Waals surface area contributed by atoms with Crippen molar-refractivity contribution in [3.05, 3.63) is 35.6 Å². The monoisotopic (exact) mass is 189 g/mol. The summed E-state index contributed by atoms with van der Waals surface area (Å²) in [6, 6.07) is 8.01. The maximum absolute atomic E-state index is 12.9. The molecule has 1 aromatic carbocycles. The lowest BCUT2D eigenvalue weighted by Crippen LogP contribution is -2.40. The van der Waals surface area contributed by atoms with Crippen LogP contribution in [0.1, 0.15) is 18.4 Å². The van der Waals surface area contributed by atoms with Crippen molar-refractivity contribution in [2.75, 3.05) is 0 Å². The molecule has 0 saturated heterocycles. The van der Waals surface area contributed by atoms with Gasteiger partial charge in [-0.3, -0.25) is 4.79 Å². The van der Waals surface area contributed by atoms with Gasteiger partial charge in [-0.1, -0.05) is 12.1 Å². The van der Waals surface area contributed by atoms with Gasteiger partial charge in [-0.2, -0.15) is 5.26 Å². The number of nitriles is 1. The van der Waals surface area contributed by atoms with Crippen LogP contribution in [0.3, 0.4) is 0 Å². The first-order valence-corrected chi connectivity index (χ1v) is 4.35. The highest BCUT2D eigenvalue weighted by atomic mass is 19.1. The second-order valence-corrected chi connectivity index (χ2v) is 3.60. The number of hydrogen-bond acceptors (Lipinski definition) is 2. The standard InChI is InChI=1S/C11H8FNO/c12-9-3-1-2-8(4-9)11(7-13)5-10(14)6-11/h1-4H,5-6H2. The van der Waals surface area contributed by atoms with E-state index >= 15 is 0 Å². The molecule has 2 rings (SSSR count). The molecule has 0 amide bonds. The first-order valence-electron chi connectivity index (χ1n) is 4.35. The van der Waals surface area contributed by atoms with Crippen LogP contribution in [0.4, 0.5) is 4.39 Å². The Balaban J connectivity index is 2.39. The number of benzene rings is 1. The van der Waals surface area contributed by atoms with Gasteiger partial charge in [0, 0.05) is 12.8 Å². The van der Waals surface area contributed by atoms with E-state index in [1.54, 1.807) is 12.1 Å². The third kappa shape index (κ3) is 1.20. The summed E-state index contributed by atoms with van der Waals surface area (Å²) < 4.78 is 12.9. The smallest absolute Gasteiger partial charge is 0.136 e. The molecular formula is C11H8FNO. The van der Waals surface area contributed by atoms with Crippen LogP contribution in [0, 0.1) is 17.1 Å². The number of Topliss-reactive ketones (excluding diaryl/α,β-unsaturated/α-hetero) is 1. The molecule has 1 saturated carbocycles. The van der Waals surface area contributed by atoms with Gasteiger partial charge in [0.05, 0.1) is 11.5 Å². The zero-order valence-corrected chi connectivity index (χ0v) is 7.46. The number of carbonyl (C=O) groups is 1. The fourth-order valence-electron chi connectivity index (χ4n) is 1.76. The zero-order chi connectivity index (χ0) is 10.2. The van der Waals surface area contributed by atoms with Crippen LogP contribution in [0.15, 0.2) is 24.3 Å². The summed E-state index contributed by atoms with van der Waals surface area (Å²) in [5, 5.41) is 8.97. The van der Waals surface area contributed by atoms with Gasteiger partial charge in [-0.15, -0.1) is 0 Å². The van der Waals surface area contributed by atoms with Crippen LogP contribution in [0.5, 0.6) is 0 Å². The van der Waals surface area contributed by atoms with Crippen molar-refractivity contribution in [3.63, 3.8) is 0 Å². The van der Waals surface area contributed by atoms with Crippen molar-refractivity contribution in [2.24, 2.45) is 0 Å².